The van der Waals surface area contributed by atoms with E-state index in [2.05, 4.69) is 27.8 Å². The molecule has 0 aliphatic heterocycles. The summed E-state index contributed by atoms with van der Waals surface area (Å²) in [6, 6.07) is 5.50. The third-order valence-corrected chi connectivity index (χ3v) is 4.70. The molecule has 112 valence electrons. The van der Waals surface area contributed by atoms with Gasteiger partial charge in [-0.1, -0.05) is 13.3 Å². The summed E-state index contributed by atoms with van der Waals surface area (Å²) in [6.45, 7) is 2.66. The van der Waals surface area contributed by atoms with Crippen LogP contribution in [-0.4, -0.2) is 22.8 Å². The maximum atomic E-state index is 12.5. The Hall–Kier alpha value is -1.40. The third kappa shape index (κ3) is 4.28. The summed E-state index contributed by atoms with van der Waals surface area (Å²) in [5.41, 5.74) is 7.27. The molecule has 2 rings (SSSR count). The molecule has 4 nitrogen and oxygen atoms in total. The van der Waals surface area contributed by atoms with Gasteiger partial charge in [-0.15, -0.1) is 11.3 Å². The molecule has 2 aromatic rings. The Morgan fingerprint density at radius 1 is 1.43 bits per heavy atom. The fraction of sp³-hybridized carbons (Fsp3) is 0.333. The first-order valence-electron chi connectivity index (χ1n) is 6.74. The number of rotatable bonds is 5. The average molecular weight is 368 g/mol. The Morgan fingerprint density at radius 3 is 2.81 bits per heavy atom. The maximum absolute atomic E-state index is 12.5. The minimum Gasteiger partial charge on any atom is -0.384 e. The number of aryl methyl sites for hydroxylation is 1. The van der Waals surface area contributed by atoms with Gasteiger partial charge >= 0.3 is 0 Å². The number of pyridine rings is 1. The van der Waals surface area contributed by atoms with Gasteiger partial charge < -0.3 is 10.6 Å². The number of halogens is 1. The van der Waals surface area contributed by atoms with Crippen molar-refractivity contribution in [1.29, 1.82) is 0 Å². The quantitative estimate of drug-likeness (QED) is 0.875. The van der Waals surface area contributed by atoms with Crippen LogP contribution in [0.4, 0.5) is 5.82 Å². The van der Waals surface area contributed by atoms with Gasteiger partial charge in [0.2, 0.25) is 0 Å². The minimum absolute atomic E-state index is 0.0361. The van der Waals surface area contributed by atoms with E-state index in [0.29, 0.717) is 17.9 Å². The number of thiophene rings is 1. The molecule has 0 spiro atoms. The number of nitrogen functional groups attached to an aromatic ring is 1. The highest BCUT2D eigenvalue weighted by molar-refractivity contribution is 9.10. The molecule has 0 unspecified atom stereocenters. The molecular formula is C15H18BrN3OS. The molecule has 0 fully saturated rings. The van der Waals surface area contributed by atoms with E-state index in [0.717, 1.165) is 27.9 Å². The van der Waals surface area contributed by atoms with Gasteiger partial charge in [0.1, 0.15) is 5.82 Å². The van der Waals surface area contributed by atoms with Crippen molar-refractivity contribution in [2.24, 2.45) is 0 Å². The molecule has 6 heteroatoms. The van der Waals surface area contributed by atoms with E-state index in [1.165, 1.54) is 0 Å². The van der Waals surface area contributed by atoms with Crippen molar-refractivity contribution in [3.05, 3.63) is 44.2 Å². The van der Waals surface area contributed by atoms with Crippen molar-refractivity contribution in [1.82, 2.24) is 9.88 Å². The Bertz CT molecular complexity index is 642. The summed E-state index contributed by atoms with van der Waals surface area (Å²) in [4.78, 5) is 19.6. The standard InChI is InChI=1S/C15H18BrN3OS/c1-3-4-12-5-10(6-14(17)18-12)15(20)19(2)8-13-7-11(16)9-21-13/h5-7,9H,3-4,8H2,1-2H3,(H2,17,18). The third-order valence-electron chi connectivity index (χ3n) is 3.01. The lowest BCUT2D eigenvalue weighted by atomic mass is 10.1. The Balaban J connectivity index is 2.14. The van der Waals surface area contributed by atoms with Crippen LogP contribution in [0.25, 0.3) is 0 Å². The van der Waals surface area contributed by atoms with Crippen molar-refractivity contribution in [2.75, 3.05) is 12.8 Å². The van der Waals surface area contributed by atoms with E-state index in [-0.39, 0.29) is 5.91 Å². The first kappa shape index (κ1) is 16.0. The minimum atomic E-state index is -0.0361. The molecule has 21 heavy (non-hydrogen) atoms. The van der Waals surface area contributed by atoms with Crippen molar-refractivity contribution < 1.29 is 4.79 Å². The molecule has 0 saturated heterocycles. The van der Waals surface area contributed by atoms with Crippen LogP contribution in [0.5, 0.6) is 0 Å². The predicted molar refractivity (Wildman–Crippen MR) is 90.5 cm³/mol. The molecule has 2 heterocycles. The molecule has 0 aliphatic rings. The lowest BCUT2D eigenvalue weighted by Gasteiger charge is -2.17. The van der Waals surface area contributed by atoms with E-state index in [9.17, 15) is 4.79 Å². The summed E-state index contributed by atoms with van der Waals surface area (Å²) in [5.74, 6) is 0.363. The number of hydrogen-bond donors (Lipinski definition) is 1. The topological polar surface area (TPSA) is 59.2 Å². The lowest BCUT2D eigenvalue weighted by molar-refractivity contribution is 0.0786. The van der Waals surface area contributed by atoms with Crippen LogP contribution in [-0.2, 0) is 13.0 Å². The van der Waals surface area contributed by atoms with Gasteiger partial charge in [0, 0.05) is 33.0 Å². The molecule has 0 aliphatic carbocycles. The Kier molecular flexibility index (Phi) is 5.36. The van der Waals surface area contributed by atoms with E-state index < -0.39 is 0 Å². The molecule has 0 aromatic carbocycles. The molecule has 2 N–H and O–H groups in total. The first-order chi connectivity index (χ1) is 9.99. The van der Waals surface area contributed by atoms with Crippen LogP contribution < -0.4 is 5.73 Å². The number of nitrogens with two attached hydrogens (primary N) is 1. The van der Waals surface area contributed by atoms with E-state index in [4.69, 9.17) is 5.73 Å². The first-order valence-corrected chi connectivity index (χ1v) is 8.41. The van der Waals surface area contributed by atoms with Gasteiger partial charge in [-0.3, -0.25) is 4.79 Å². The van der Waals surface area contributed by atoms with Crippen LogP contribution in [0.3, 0.4) is 0 Å². The largest absolute Gasteiger partial charge is 0.384 e. The zero-order valence-corrected chi connectivity index (χ0v) is 14.5. The number of carbonyl (C=O) groups is 1. The van der Waals surface area contributed by atoms with Crippen LogP contribution in [0.2, 0.25) is 0 Å². The van der Waals surface area contributed by atoms with Crippen molar-refractivity contribution in [3.8, 4) is 0 Å². The number of amides is 1. The Labute approximate surface area is 137 Å². The fourth-order valence-corrected chi connectivity index (χ4v) is 3.58. The summed E-state index contributed by atoms with van der Waals surface area (Å²) < 4.78 is 1.04. The van der Waals surface area contributed by atoms with Gasteiger partial charge in [0.25, 0.3) is 5.91 Å². The number of hydrogen-bond acceptors (Lipinski definition) is 4. The molecule has 0 radical (unpaired) electrons. The zero-order chi connectivity index (χ0) is 15.4. The number of nitrogens with zero attached hydrogens (tertiary/aromatic N) is 2. The van der Waals surface area contributed by atoms with Crippen LogP contribution >= 0.6 is 27.3 Å². The highest BCUT2D eigenvalue weighted by atomic mass is 79.9. The van der Waals surface area contributed by atoms with E-state index in [1.54, 1.807) is 29.4 Å². The van der Waals surface area contributed by atoms with Crippen LogP contribution in [0.1, 0.15) is 34.3 Å². The number of aromatic nitrogens is 1. The molecule has 0 atom stereocenters. The SMILES string of the molecule is CCCc1cc(C(=O)N(C)Cc2cc(Br)cs2)cc(N)n1. The van der Waals surface area contributed by atoms with Crippen LogP contribution in [0, 0.1) is 0 Å². The lowest BCUT2D eigenvalue weighted by Crippen LogP contribution is -2.26. The van der Waals surface area contributed by atoms with Crippen molar-refractivity contribution in [3.63, 3.8) is 0 Å². The average Bonchev–Trinajstić information content (AvgIpc) is 2.83. The monoisotopic (exact) mass is 367 g/mol. The molecular weight excluding hydrogens is 350 g/mol. The van der Waals surface area contributed by atoms with Crippen molar-refractivity contribution >= 4 is 39.0 Å². The van der Waals surface area contributed by atoms with Gasteiger partial charge in [-0.05, 0) is 40.5 Å². The van der Waals surface area contributed by atoms with Gasteiger partial charge in [0.15, 0.2) is 0 Å². The Morgan fingerprint density at radius 2 is 2.19 bits per heavy atom. The smallest absolute Gasteiger partial charge is 0.254 e. The summed E-state index contributed by atoms with van der Waals surface area (Å²) in [5, 5.41) is 2.01. The molecule has 0 saturated carbocycles. The number of anilines is 1. The summed E-state index contributed by atoms with van der Waals surface area (Å²) in [6.07, 6.45) is 1.80. The second-order valence-electron chi connectivity index (χ2n) is 4.91. The van der Waals surface area contributed by atoms with Gasteiger partial charge in [0.05, 0.1) is 6.54 Å². The van der Waals surface area contributed by atoms with E-state index in [1.807, 2.05) is 17.5 Å². The highest BCUT2D eigenvalue weighted by Crippen LogP contribution is 2.21. The van der Waals surface area contributed by atoms with Gasteiger partial charge in [-0.25, -0.2) is 4.98 Å². The molecule has 2 aromatic heterocycles. The molecule has 1 amide bonds. The predicted octanol–water partition coefficient (Wildman–Crippen LogP) is 3.71. The number of carbonyl (C=O) groups excluding carboxylic acids is 1. The van der Waals surface area contributed by atoms with Gasteiger partial charge in [-0.2, -0.15) is 0 Å². The summed E-state index contributed by atoms with van der Waals surface area (Å²) >= 11 is 5.05. The normalized spacial score (nSPS) is 10.6. The summed E-state index contributed by atoms with van der Waals surface area (Å²) in [7, 11) is 1.80. The second kappa shape index (κ2) is 7.04. The van der Waals surface area contributed by atoms with Crippen LogP contribution in [0.15, 0.2) is 28.1 Å². The maximum Gasteiger partial charge on any atom is 0.254 e. The molecule has 0 bridgehead atoms. The second-order valence-corrected chi connectivity index (χ2v) is 6.83. The highest BCUT2D eigenvalue weighted by Gasteiger charge is 2.14. The van der Waals surface area contributed by atoms with Crippen molar-refractivity contribution in [2.45, 2.75) is 26.3 Å². The fourth-order valence-electron chi connectivity index (χ4n) is 2.08. The van der Waals surface area contributed by atoms with E-state index >= 15 is 0 Å². The zero-order valence-electron chi connectivity index (χ0n) is 12.1.